The third-order valence-corrected chi connectivity index (χ3v) is 4.20. The number of rotatable bonds is 5. The summed E-state index contributed by atoms with van der Waals surface area (Å²) in [5.74, 6) is -0.282. The maximum absolute atomic E-state index is 13.5. The Labute approximate surface area is 124 Å². The summed E-state index contributed by atoms with van der Waals surface area (Å²) in [6.07, 6.45) is 0.842. The monoisotopic (exact) mass is 343 g/mol. The standard InChI is InChI=1S/C13H15BrFN3S/c1-8(2)16-6-5-12-17-18-13(19-12)9-3-4-10(14)11(15)7-9/h3-4,7-8,16H,5-6H2,1-2H3. The molecule has 6 heteroatoms. The number of nitrogens with zero attached hydrogens (tertiary/aromatic N) is 2. The Morgan fingerprint density at radius 3 is 2.84 bits per heavy atom. The molecule has 0 spiro atoms. The Kier molecular flexibility index (Phi) is 5.01. The molecule has 102 valence electrons. The molecule has 0 radical (unpaired) electrons. The van der Waals surface area contributed by atoms with Crippen molar-refractivity contribution in [3.8, 4) is 10.6 Å². The molecular formula is C13H15BrFN3S. The van der Waals surface area contributed by atoms with E-state index in [1.54, 1.807) is 6.07 Å². The van der Waals surface area contributed by atoms with Crippen molar-refractivity contribution in [1.82, 2.24) is 15.5 Å². The van der Waals surface area contributed by atoms with Gasteiger partial charge >= 0.3 is 0 Å². The zero-order valence-electron chi connectivity index (χ0n) is 10.8. The van der Waals surface area contributed by atoms with Crippen LogP contribution in [0.25, 0.3) is 10.6 Å². The minimum Gasteiger partial charge on any atom is -0.314 e. The smallest absolute Gasteiger partial charge is 0.147 e. The maximum atomic E-state index is 13.5. The second kappa shape index (κ2) is 6.54. The number of nitrogens with one attached hydrogen (secondary N) is 1. The zero-order valence-corrected chi connectivity index (χ0v) is 13.2. The van der Waals surface area contributed by atoms with Crippen molar-refractivity contribution in [2.24, 2.45) is 0 Å². The molecule has 0 saturated heterocycles. The summed E-state index contributed by atoms with van der Waals surface area (Å²) in [7, 11) is 0. The number of hydrogen-bond acceptors (Lipinski definition) is 4. The lowest BCUT2D eigenvalue weighted by molar-refractivity contribution is 0.588. The van der Waals surface area contributed by atoms with Gasteiger partial charge in [0, 0.05) is 24.6 Å². The first-order chi connectivity index (χ1) is 9.06. The van der Waals surface area contributed by atoms with E-state index in [2.05, 4.69) is 45.3 Å². The van der Waals surface area contributed by atoms with Crippen molar-refractivity contribution in [2.45, 2.75) is 26.3 Å². The largest absolute Gasteiger partial charge is 0.314 e. The maximum Gasteiger partial charge on any atom is 0.147 e. The van der Waals surface area contributed by atoms with Gasteiger partial charge in [0.1, 0.15) is 15.8 Å². The molecule has 0 aliphatic carbocycles. The van der Waals surface area contributed by atoms with Gasteiger partial charge in [-0.1, -0.05) is 31.3 Å². The van der Waals surface area contributed by atoms with Crippen LogP contribution in [0.4, 0.5) is 4.39 Å². The summed E-state index contributed by atoms with van der Waals surface area (Å²) in [5, 5.41) is 13.3. The lowest BCUT2D eigenvalue weighted by Gasteiger charge is -2.05. The van der Waals surface area contributed by atoms with Gasteiger partial charge in [-0.3, -0.25) is 0 Å². The van der Waals surface area contributed by atoms with E-state index in [1.807, 2.05) is 6.07 Å². The van der Waals surface area contributed by atoms with Gasteiger partial charge in [0.05, 0.1) is 4.47 Å². The molecule has 1 aromatic carbocycles. The highest BCUT2D eigenvalue weighted by Gasteiger charge is 2.09. The van der Waals surface area contributed by atoms with Gasteiger partial charge in [-0.25, -0.2) is 4.39 Å². The Hall–Kier alpha value is -0.850. The van der Waals surface area contributed by atoms with Gasteiger partial charge in [-0.05, 0) is 28.1 Å². The van der Waals surface area contributed by atoms with Crippen molar-refractivity contribution in [3.05, 3.63) is 33.5 Å². The van der Waals surface area contributed by atoms with Crippen molar-refractivity contribution in [2.75, 3.05) is 6.54 Å². The molecule has 19 heavy (non-hydrogen) atoms. The average Bonchev–Trinajstić information content (AvgIpc) is 2.81. The molecule has 1 heterocycles. The second-order valence-electron chi connectivity index (χ2n) is 4.49. The zero-order chi connectivity index (χ0) is 13.8. The summed E-state index contributed by atoms with van der Waals surface area (Å²) in [6, 6.07) is 5.46. The Morgan fingerprint density at radius 1 is 1.37 bits per heavy atom. The molecule has 0 unspecified atom stereocenters. The molecule has 0 amide bonds. The van der Waals surface area contributed by atoms with Crippen LogP contribution in [0, 0.1) is 5.82 Å². The van der Waals surface area contributed by atoms with Crippen molar-refractivity contribution in [3.63, 3.8) is 0 Å². The molecule has 0 fully saturated rings. The lowest BCUT2D eigenvalue weighted by Crippen LogP contribution is -2.24. The Morgan fingerprint density at radius 2 is 2.16 bits per heavy atom. The SMILES string of the molecule is CC(C)NCCc1nnc(-c2ccc(Br)c(F)c2)s1. The van der Waals surface area contributed by atoms with Gasteiger partial charge in [0.15, 0.2) is 0 Å². The number of halogens is 2. The van der Waals surface area contributed by atoms with Gasteiger partial charge in [0.2, 0.25) is 0 Å². The fraction of sp³-hybridized carbons (Fsp3) is 0.385. The highest BCUT2D eigenvalue weighted by atomic mass is 79.9. The highest BCUT2D eigenvalue weighted by molar-refractivity contribution is 9.10. The summed E-state index contributed by atoms with van der Waals surface area (Å²) >= 11 is 4.65. The van der Waals surface area contributed by atoms with Crippen LogP contribution in [-0.2, 0) is 6.42 Å². The molecule has 0 atom stereocenters. The number of hydrogen-bond donors (Lipinski definition) is 1. The fourth-order valence-electron chi connectivity index (χ4n) is 1.57. The number of benzene rings is 1. The van der Waals surface area contributed by atoms with E-state index in [0.717, 1.165) is 28.5 Å². The minimum absolute atomic E-state index is 0.282. The van der Waals surface area contributed by atoms with Crippen LogP contribution in [0.15, 0.2) is 22.7 Å². The molecule has 0 aliphatic rings. The molecule has 0 saturated carbocycles. The number of aromatic nitrogens is 2. The lowest BCUT2D eigenvalue weighted by atomic mass is 10.2. The quantitative estimate of drug-likeness (QED) is 0.900. The summed E-state index contributed by atoms with van der Waals surface area (Å²) < 4.78 is 13.9. The van der Waals surface area contributed by atoms with Crippen molar-refractivity contribution >= 4 is 27.3 Å². The highest BCUT2D eigenvalue weighted by Crippen LogP contribution is 2.27. The van der Waals surface area contributed by atoms with E-state index >= 15 is 0 Å². The van der Waals surface area contributed by atoms with Gasteiger partial charge in [0.25, 0.3) is 0 Å². The van der Waals surface area contributed by atoms with Crippen LogP contribution in [0.3, 0.4) is 0 Å². The molecule has 1 aromatic heterocycles. The van der Waals surface area contributed by atoms with Crippen molar-refractivity contribution < 1.29 is 4.39 Å². The Bertz CT molecular complexity index is 557. The van der Waals surface area contributed by atoms with E-state index in [0.29, 0.717) is 10.5 Å². The van der Waals surface area contributed by atoms with E-state index in [9.17, 15) is 4.39 Å². The van der Waals surface area contributed by atoms with Crippen LogP contribution in [0.1, 0.15) is 18.9 Å². The molecule has 1 N–H and O–H groups in total. The minimum atomic E-state index is -0.282. The first-order valence-corrected chi connectivity index (χ1v) is 7.68. The fourth-order valence-corrected chi connectivity index (χ4v) is 2.65. The van der Waals surface area contributed by atoms with Crippen LogP contribution < -0.4 is 5.32 Å². The molecule has 0 bridgehead atoms. The van der Waals surface area contributed by atoms with Crippen molar-refractivity contribution in [1.29, 1.82) is 0 Å². The molecule has 0 aliphatic heterocycles. The van der Waals surface area contributed by atoms with Crippen LogP contribution in [-0.4, -0.2) is 22.8 Å². The van der Waals surface area contributed by atoms with Gasteiger partial charge in [-0.2, -0.15) is 0 Å². The second-order valence-corrected chi connectivity index (χ2v) is 6.41. The third kappa shape index (κ3) is 4.06. The molecule has 2 rings (SSSR count). The Balaban J connectivity index is 2.05. The summed E-state index contributed by atoms with van der Waals surface area (Å²) in [4.78, 5) is 0. The normalized spacial score (nSPS) is 11.2. The first-order valence-electron chi connectivity index (χ1n) is 6.07. The van der Waals surface area contributed by atoms with E-state index in [1.165, 1.54) is 17.4 Å². The predicted molar refractivity (Wildman–Crippen MR) is 79.8 cm³/mol. The average molecular weight is 344 g/mol. The third-order valence-electron chi connectivity index (χ3n) is 2.52. The van der Waals surface area contributed by atoms with E-state index in [4.69, 9.17) is 0 Å². The van der Waals surface area contributed by atoms with Gasteiger partial charge in [-0.15, -0.1) is 10.2 Å². The topological polar surface area (TPSA) is 37.8 Å². The van der Waals surface area contributed by atoms with Crippen LogP contribution in [0.5, 0.6) is 0 Å². The molecule has 2 aromatic rings. The van der Waals surface area contributed by atoms with E-state index < -0.39 is 0 Å². The first kappa shape index (κ1) is 14.6. The summed E-state index contributed by atoms with van der Waals surface area (Å²) in [6.45, 7) is 5.09. The predicted octanol–water partition coefficient (Wildman–Crippen LogP) is 3.65. The molecule has 3 nitrogen and oxygen atoms in total. The van der Waals surface area contributed by atoms with E-state index in [-0.39, 0.29) is 5.82 Å². The van der Waals surface area contributed by atoms with Crippen LogP contribution in [0.2, 0.25) is 0 Å². The molecular weight excluding hydrogens is 329 g/mol. The van der Waals surface area contributed by atoms with Crippen LogP contribution >= 0.6 is 27.3 Å². The summed E-state index contributed by atoms with van der Waals surface area (Å²) in [5.41, 5.74) is 0.765. The van der Waals surface area contributed by atoms with Gasteiger partial charge < -0.3 is 5.32 Å².